The highest BCUT2D eigenvalue weighted by molar-refractivity contribution is 7.99. The van der Waals surface area contributed by atoms with E-state index >= 15 is 0 Å². The normalized spacial score (nSPS) is 13.8. The maximum Gasteiger partial charge on any atom is 0.331 e. The third-order valence-electron chi connectivity index (χ3n) is 3.14. The van der Waals surface area contributed by atoms with Gasteiger partial charge >= 0.3 is 5.97 Å². The molecular weight excluding hydrogens is 258 g/mol. The first-order chi connectivity index (χ1) is 9.21. The molecule has 3 nitrogen and oxygen atoms in total. The Morgan fingerprint density at radius 3 is 2.53 bits per heavy atom. The van der Waals surface area contributed by atoms with Crippen LogP contribution < -0.4 is 5.32 Å². The highest BCUT2D eigenvalue weighted by Crippen LogP contribution is 2.28. The topological polar surface area (TPSA) is 38.3 Å². The van der Waals surface area contributed by atoms with Gasteiger partial charge in [0.25, 0.3) is 0 Å². The van der Waals surface area contributed by atoms with Crippen LogP contribution in [-0.2, 0) is 15.1 Å². The summed E-state index contributed by atoms with van der Waals surface area (Å²) in [5, 5.41) is 3.19. The summed E-state index contributed by atoms with van der Waals surface area (Å²) in [5.74, 6) is 1.78. The molecule has 0 fully saturated rings. The Labute approximate surface area is 120 Å². The molecule has 1 aromatic carbocycles. The van der Waals surface area contributed by atoms with Crippen molar-refractivity contribution in [3.8, 4) is 0 Å². The van der Waals surface area contributed by atoms with Crippen molar-refractivity contribution in [3.63, 3.8) is 0 Å². The van der Waals surface area contributed by atoms with E-state index in [1.165, 1.54) is 0 Å². The fourth-order valence-corrected chi connectivity index (χ4v) is 2.82. The summed E-state index contributed by atoms with van der Waals surface area (Å²) in [6.45, 7) is 4.36. The maximum atomic E-state index is 12.4. The molecule has 0 aliphatic heterocycles. The first kappa shape index (κ1) is 16.1. The molecule has 19 heavy (non-hydrogen) atoms. The van der Waals surface area contributed by atoms with Gasteiger partial charge in [-0.2, -0.15) is 11.8 Å². The molecule has 0 aliphatic rings. The number of hydrogen-bond donors (Lipinski definition) is 1. The number of carbonyl (C=O) groups is 1. The number of likely N-dealkylation sites (N-methyl/N-ethyl adjacent to an activating group) is 1. The average Bonchev–Trinajstić information content (AvgIpc) is 2.45. The zero-order valence-corrected chi connectivity index (χ0v) is 12.8. The smallest absolute Gasteiger partial charge is 0.331 e. The van der Waals surface area contributed by atoms with E-state index in [0.29, 0.717) is 6.61 Å². The zero-order chi connectivity index (χ0) is 14.1. The Bertz CT molecular complexity index is 383. The summed E-state index contributed by atoms with van der Waals surface area (Å²) < 4.78 is 5.27. The van der Waals surface area contributed by atoms with Crippen molar-refractivity contribution in [1.29, 1.82) is 0 Å². The zero-order valence-electron chi connectivity index (χ0n) is 11.9. The first-order valence-electron chi connectivity index (χ1n) is 6.70. The highest BCUT2D eigenvalue weighted by Gasteiger charge is 2.39. The Morgan fingerprint density at radius 2 is 2.00 bits per heavy atom. The minimum absolute atomic E-state index is 0.194. The SMILES string of the molecule is CCOC(=O)C(CCSCC)(NC)c1ccccc1. The molecule has 106 valence electrons. The molecule has 0 saturated carbocycles. The maximum absolute atomic E-state index is 12.4. The molecule has 0 bridgehead atoms. The lowest BCUT2D eigenvalue weighted by atomic mass is 9.87. The molecule has 0 heterocycles. The molecule has 1 rings (SSSR count). The Morgan fingerprint density at radius 1 is 1.32 bits per heavy atom. The summed E-state index contributed by atoms with van der Waals surface area (Å²) in [6.07, 6.45) is 0.727. The van der Waals surface area contributed by atoms with E-state index in [4.69, 9.17) is 4.74 Å². The molecular formula is C15H23NO2S. The van der Waals surface area contributed by atoms with Gasteiger partial charge in [-0.25, -0.2) is 4.79 Å². The lowest BCUT2D eigenvalue weighted by molar-refractivity contribution is -0.151. The van der Waals surface area contributed by atoms with Gasteiger partial charge < -0.3 is 10.1 Å². The van der Waals surface area contributed by atoms with Gasteiger partial charge in [0.15, 0.2) is 0 Å². The molecule has 0 amide bonds. The number of hydrogen-bond acceptors (Lipinski definition) is 4. The van der Waals surface area contributed by atoms with Crippen molar-refractivity contribution < 1.29 is 9.53 Å². The largest absolute Gasteiger partial charge is 0.464 e. The number of thioether (sulfide) groups is 1. The van der Waals surface area contributed by atoms with E-state index in [1.54, 1.807) is 0 Å². The summed E-state index contributed by atoms with van der Waals surface area (Å²) in [6, 6.07) is 9.81. The van der Waals surface area contributed by atoms with Gasteiger partial charge in [0.05, 0.1) is 6.61 Å². The fourth-order valence-electron chi connectivity index (χ4n) is 2.08. The summed E-state index contributed by atoms with van der Waals surface area (Å²) in [4.78, 5) is 12.4. The van der Waals surface area contributed by atoms with E-state index in [2.05, 4.69) is 12.2 Å². The van der Waals surface area contributed by atoms with Crippen LogP contribution in [0.25, 0.3) is 0 Å². The van der Waals surface area contributed by atoms with Gasteiger partial charge in [-0.1, -0.05) is 37.3 Å². The van der Waals surface area contributed by atoms with E-state index in [9.17, 15) is 4.79 Å². The predicted octanol–water partition coefficient (Wildman–Crippen LogP) is 2.81. The van der Waals surface area contributed by atoms with Crippen LogP contribution >= 0.6 is 11.8 Å². The van der Waals surface area contributed by atoms with Gasteiger partial charge in [0.2, 0.25) is 0 Å². The third kappa shape index (κ3) is 3.98. The van der Waals surface area contributed by atoms with Crippen LogP contribution in [0.1, 0.15) is 25.8 Å². The van der Waals surface area contributed by atoms with E-state index in [-0.39, 0.29) is 5.97 Å². The molecule has 0 aromatic heterocycles. The van der Waals surface area contributed by atoms with Gasteiger partial charge in [-0.15, -0.1) is 0 Å². The van der Waals surface area contributed by atoms with Gasteiger partial charge in [0.1, 0.15) is 5.54 Å². The number of ether oxygens (including phenoxy) is 1. The van der Waals surface area contributed by atoms with Crippen molar-refractivity contribution >= 4 is 17.7 Å². The number of nitrogens with one attached hydrogen (secondary N) is 1. The van der Waals surface area contributed by atoms with Crippen molar-refractivity contribution in [2.75, 3.05) is 25.2 Å². The van der Waals surface area contributed by atoms with Crippen molar-refractivity contribution in [2.24, 2.45) is 0 Å². The standard InChI is InChI=1S/C15H23NO2S/c1-4-18-14(17)15(16-3,11-12-19-5-2)13-9-7-6-8-10-13/h6-10,16H,4-5,11-12H2,1-3H3. The molecule has 1 unspecified atom stereocenters. The molecule has 1 aromatic rings. The monoisotopic (exact) mass is 281 g/mol. The van der Waals surface area contributed by atoms with E-state index in [0.717, 1.165) is 23.5 Å². The van der Waals surface area contributed by atoms with Crippen molar-refractivity contribution in [3.05, 3.63) is 35.9 Å². The number of benzene rings is 1. The second-order valence-corrected chi connectivity index (χ2v) is 5.58. The Balaban J connectivity index is 3.02. The predicted molar refractivity (Wildman–Crippen MR) is 81.4 cm³/mol. The van der Waals surface area contributed by atoms with Crippen LogP contribution in [0.2, 0.25) is 0 Å². The third-order valence-corrected chi connectivity index (χ3v) is 4.04. The van der Waals surface area contributed by atoms with Crippen LogP contribution in [0.15, 0.2) is 30.3 Å². The Hall–Kier alpha value is -1.00. The second-order valence-electron chi connectivity index (χ2n) is 4.19. The average molecular weight is 281 g/mol. The fraction of sp³-hybridized carbons (Fsp3) is 0.533. The molecule has 1 atom stereocenters. The minimum atomic E-state index is -0.737. The van der Waals surface area contributed by atoms with Crippen LogP contribution in [0, 0.1) is 0 Å². The van der Waals surface area contributed by atoms with Gasteiger partial charge in [-0.3, -0.25) is 0 Å². The molecule has 0 aliphatic carbocycles. The molecule has 0 spiro atoms. The van der Waals surface area contributed by atoms with Crippen molar-refractivity contribution in [1.82, 2.24) is 5.32 Å². The molecule has 4 heteroatoms. The summed E-state index contributed by atoms with van der Waals surface area (Å²) in [5.41, 5.74) is 0.229. The number of esters is 1. The quantitative estimate of drug-likeness (QED) is 0.587. The minimum Gasteiger partial charge on any atom is -0.464 e. The van der Waals surface area contributed by atoms with Crippen LogP contribution in [0.4, 0.5) is 0 Å². The Kier molecular flexibility index (Phi) is 6.95. The van der Waals surface area contributed by atoms with Crippen LogP contribution in [-0.4, -0.2) is 31.1 Å². The summed E-state index contributed by atoms with van der Waals surface area (Å²) in [7, 11) is 1.82. The lowest BCUT2D eigenvalue weighted by Gasteiger charge is -2.31. The van der Waals surface area contributed by atoms with E-state index < -0.39 is 5.54 Å². The van der Waals surface area contributed by atoms with Gasteiger partial charge in [0, 0.05) is 0 Å². The lowest BCUT2D eigenvalue weighted by Crippen LogP contribution is -2.49. The van der Waals surface area contributed by atoms with Crippen molar-refractivity contribution in [2.45, 2.75) is 25.8 Å². The van der Waals surface area contributed by atoms with E-state index in [1.807, 2.05) is 56.1 Å². The number of carbonyl (C=O) groups excluding carboxylic acids is 1. The molecule has 0 saturated heterocycles. The number of rotatable bonds is 8. The first-order valence-corrected chi connectivity index (χ1v) is 7.86. The van der Waals surface area contributed by atoms with Crippen LogP contribution in [0.3, 0.4) is 0 Å². The molecule has 1 N–H and O–H groups in total. The second kappa shape index (κ2) is 8.23. The summed E-state index contributed by atoms with van der Waals surface area (Å²) >= 11 is 1.83. The van der Waals surface area contributed by atoms with Crippen LogP contribution in [0.5, 0.6) is 0 Å². The molecule has 0 radical (unpaired) electrons. The van der Waals surface area contributed by atoms with Gasteiger partial charge in [-0.05, 0) is 37.5 Å². The highest BCUT2D eigenvalue weighted by atomic mass is 32.2.